The van der Waals surface area contributed by atoms with E-state index in [4.69, 9.17) is 9.84 Å². The highest BCUT2D eigenvalue weighted by molar-refractivity contribution is 7.89. The van der Waals surface area contributed by atoms with Crippen LogP contribution in [0.1, 0.15) is 24.0 Å². The van der Waals surface area contributed by atoms with Crippen molar-refractivity contribution in [2.45, 2.75) is 37.2 Å². The van der Waals surface area contributed by atoms with Crippen molar-refractivity contribution in [3.05, 3.63) is 59.7 Å². The molecule has 152 valence electrons. The van der Waals surface area contributed by atoms with Crippen molar-refractivity contribution >= 4 is 10.0 Å². The normalized spacial score (nSPS) is 16.2. The van der Waals surface area contributed by atoms with Gasteiger partial charge in [-0.3, -0.25) is 4.90 Å². The zero-order chi connectivity index (χ0) is 20.0. The number of likely N-dealkylation sites (tertiary alicyclic amines) is 1. The number of aryl methyl sites for hydroxylation is 1. The molecule has 1 aliphatic heterocycles. The summed E-state index contributed by atoms with van der Waals surface area (Å²) >= 11 is 0. The van der Waals surface area contributed by atoms with Crippen molar-refractivity contribution in [1.29, 1.82) is 0 Å². The van der Waals surface area contributed by atoms with Crippen LogP contribution >= 0.6 is 0 Å². The van der Waals surface area contributed by atoms with Crippen molar-refractivity contribution < 1.29 is 18.3 Å². The van der Waals surface area contributed by atoms with E-state index in [2.05, 4.69) is 9.62 Å². The maximum atomic E-state index is 12.5. The predicted molar refractivity (Wildman–Crippen MR) is 109 cm³/mol. The molecule has 2 aromatic rings. The fourth-order valence-electron chi connectivity index (χ4n) is 3.33. The maximum absolute atomic E-state index is 12.5. The van der Waals surface area contributed by atoms with E-state index in [1.165, 1.54) is 5.56 Å². The first-order chi connectivity index (χ1) is 13.5. The first-order valence-electron chi connectivity index (χ1n) is 9.60. The molecule has 1 fully saturated rings. The molecule has 0 aromatic heterocycles. The lowest BCUT2D eigenvalue weighted by Crippen LogP contribution is -2.44. The van der Waals surface area contributed by atoms with Gasteiger partial charge < -0.3 is 9.84 Å². The molecule has 28 heavy (non-hydrogen) atoms. The van der Waals surface area contributed by atoms with Gasteiger partial charge in [0.05, 0.1) is 11.5 Å². The second kappa shape index (κ2) is 9.52. The van der Waals surface area contributed by atoms with Gasteiger partial charge in [-0.1, -0.05) is 29.8 Å². The fourth-order valence-corrected chi connectivity index (χ4v) is 4.63. The van der Waals surface area contributed by atoms with E-state index in [0.717, 1.165) is 43.8 Å². The minimum absolute atomic E-state index is 0.00433. The number of piperidine rings is 1. The van der Waals surface area contributed by atoms with Gasteiger partial charge >= 0.3 is 0 Å². The van der Waals surface area contributed by atoms with Crippen LogP contribution in [0.5, 0.6) is 5.75 Å². The van der Waals surface area contributed by atoms with E-state index in [1.807, 2.05) is 43.3 Å². The summed E-state index contributed by atoms with van der Waals surface area (Å²) in [5.41, 5.74) is 2.23. The van der Waals surface area contributed by atoms with Gasteiger partial charge in [-0.15, -0.1) is 0 Å². The quantitative estimate of drug-likeness (QED) is 0.706. The summed E-state index contributed by atoms with van der Waals surface area (Å²) in [7, 11) is -3.47. The van der Waals surface area contributed by atoms with Gasteiger partial charge in [0, 0.05) is 25.7 Å². The molecule has 2 aromatic carbocycles. The minimum Gasteiger partial charge on any atom is -0.491 e. The van der Waals surface area contributed by atoms with E-state index < -0.39 is 10.0 Å². The maximum Gasteiger partial charge on any atom is 0.240 e. The molecule has 0 unspecified atom stereocenters. The summed E-state index contributed by atoms with van der Waals surface area (Å²) in [5.74, 6) is 0.752. The minimum atomic E-state index is -3.47. The Bertz CT molecular complexity index is 843. The molecule has 1 saturated heterocycles. The number of ether oxygens (including phenoxy) is 1. The van der Waals surface area contributed by atoms with Crippen LogP contribution in [0.3, 0.4) is 0 Å². The van der Waals surface area contributed by atoms with E-state index in [9.17, 15) is 8.42 Å². The molecule has 0 spiro atoms. The number of hydrogen-bond acceptors (Lipinski definition) is 5. The molecule has 0 aliphatic carbocycles. The molecule has 6 nitrogen and oxygen atoms in total. The van der Waals surface area contributed by atoms with Gasteiger partial charge in [-0.25, -0.2) is 13.1 Å². The predicted octanol–water partition coefficient (Wildman–Crippen LogP) is 2.31. The monoisotopic (exact) mass is 404 g/mol. The highest BCUT2D eigenvalue weighted by Crippen LogP contribution is 2.19. The Morgan fingerprint density at radius 1 is 1.07 bits per heavy atom. The molecule has 0 radical (unpaired) electrons. The van der Waals surface area contributed by atoms with E-state index in [0.29, 0.717) is 11.5 Å². The molecule has 2 N–H and O–H groups in total. The third-order valence-electron chi connectivity index (χ3n) is 4.93. The molecule has 0 amide bonds. The lowest BCUT2D eigenvalue weighted by Gasteiger charge is -2.32. The van der Waals surface area contributed by atoms with Crippen LogP contribution in [0.2, 0.25) is 0 Å². The number of nitrogens with zero attached hydrogens (tertiary/aromatic N) is 1. The van der Waals surface area contributed by atoms with Crippen molar-refractivity contribution in [3.63, 3.8) is 0 Å². The SMILES string of the molecule is Cc1ccc(S(=O)(=O)NC2CCN(Cc3ccc(OCCO)cc3)CC2)cc1. The summed E-state index contributed by atoms with van der Waals surface area (Å²) in [5, 5.41) is 8.79. The second-order valence-corrected chi connectivity index (χ2v) is 8.91. The van der Waals surface area contributed by atoms with E-state index >= 15 is 0 Å². The molecule has 7 heteroatoms. The molecule has 0 atom stereocenters. The van der Waals surface area contributed by atoms with Crippen molar-refractivity contribution in [2.24, 2.45) is 0 Å². The molecule has 0 saturated carbocycles. The standard InChI is InChI=1S/C21H28N2O4S/c1-17-2-8-21(9-3-17)28(25,26)22-19-10-12-23(13-11-19)16-18-4-6-20(7-5-18)27-15-14-24/h2-9,19,22,24H,10-16H2,1H3. The number of aliphatic hydroxyl groups is 1. The Morgan fingerprint density at radius 3 is 2.32 bits per heavy atom. The first kappa shape index (κ1) is 20.8. The number of hydrogen-bond donors (Lipinski definition) is 2. The second-order valence-electron chi connectivity index (χ2n) is 7.20. The highest BCUT2D eigenvalue weighted by atomic mass is 32.2. The Hall–Kier alpha value is -1.93. The number of benzene rings is 2. The van der Waals surface area contributed by atoms with E-state index in [-0.39, 0.29) is 12.6 Å². The van der Waals surface area contributed by atoms with Crippen molar-refractivity contribution in [1.82, 2.24) is 9.62 Å². The number of aliphatic hydroxyl groups excluding tert-OH is 1. The first-order valence-corrected chi connectivity index (χ1v) is 11.1. The summed E-state index contributed by atoms with van der Waals surface area (Å²) in [6.07, 6.45) is 1.59. The average molecular weight is 405 g/mol. The van der Waals surface area contributed by atoms with Crippen LogP contribution in [0.25, 0.3) is 0 Å². The lowest BCUT2D eigenvalue weighted by atomic mass is 10.1. The van der Waals surface area contributed by atoms with Gasteiger partial charge in [0.1, 0.15) is 12.4 Å². The van der Waals surface area contributed by atoms with Gasteiger partial charge in [0.25, 0.3) is 0 Å². The lowest BCUT2D eigenvalue weighted by molar-refractivity contribution is 0.198. The van der Waals surface area contributed by atoms with Crippen LogP contribution in [-0.2, 0) is 16.6 Å². The van der Waals surface area contributed by atoms with Crippen molar-refractivity contribution in [2.75, 3.05) is 26.3 Å². The Labute approximate surface area is 167 Å². The molecular formula is C21H28N2O4S. The Morgan fingerprint density at radius 2 is 1.71 bits per heavy atom. The molecule has 0 bridgehead atoms. The number of sulfonamides is 1. The smallest absolute Gasteiger partial charge is 0.240 e. The van der Waals surface area contributed by atoms with Crippen LogP contribution in [0.4, 0.5) is 0 Å². The van der Waals surface area contributed by atoms with Crippen LogP contribution in [0.15, 0.2) is 53.4 Å². The van der Waals surface area contributed by atoms with Gasteiger partial charge in [-0.2, -0.15) is 0 Å². The van der Waals surface area contributed by atoms with Crippen LogP contribution in [0, 0.1) is 6.92 Å². The highest BCUT2D eigenvalue weighted by Gasteiger charge is 2.24. The van der Waals surface area contributed by atoms with Gasteiger partial charge in [0.15, 0.2) is 0 Å². The third kappa shape index (κ3) is 5.78. The fraction of sp³-hybridized carbons (Fsp3) is 0.429. The molecule has 1 heterocycles. The number of nitrogens with one attached hydrogen (secondary N) is 1. The third-order valence-corrected chi connectivity index (χ3v) is 6.47. The van der Waals surface area contributed by atoms with Gasteiger partial charge in [0.2, 0.25) is 10.0 Å². The average Bonchev–Trinajstić information content (AvgIpc) is 2.69. The Kier molecular flexibility index (Phi) is 7.07. The van der Waals surface area contributed by atoms with E-state index in [1.54, 1.807) is 12.1 Å². The van der Waals surface area contributed by atoms with Gasteiger partial charge in [-0.05, 0) is 49.6 Å². The van der Waals surface area contributed by atoms with Crippen LogP contribution < -0.4 is 9.46 Å². The topological polar surface area (TPSA) is 78.9 Å². The molecule has 1 aliphatic rings. The Balaban J connectivity index is 1.48. The zero-order valence-corrected chi connectivity index (χ0v) is 17.0. The summed E-state index contributed by atoms with van der Waals surface area (Å²) in [4.78, 5) is 2.66. The van der Waals surface area contributed by atoms with Crippen LogP contribution in [-0.4, -0.2) is 50.8 Å². The summed E-state index contributed by atoms with van der Waals surface area (Å²) < 4.78 is 33.3. The van der Waals surface area contributed by atoms with Crippen molar-refractivity contribution in [3.8, 4) is 5.75 Å². The zero-order valence-electron chi connectivity index (χ0n) is 16.2. The number of rotatable bonds is 8. The largest absolute Gasteiger partial charge is 0.491 e. The summed E-state index contributed by atoms with van der Waals surface area (Å²) in [6.45, 7) is 4.77. The molecular weight excluding hydrogens is 376 g/mol. The molecule has 3 rings (SSSR count). The summed E-state index contributed by atoms with van der Waals surface area (Å²) in [6, 6.07) is 14.8.